The largest absolute Gasteiger partial charge is 0.491 e. The summed E-state index contributed by atoms with van der Waals surface area (Å²) < 4.78 is 11.0. The Morgan fingerprint density at radius 1 is 1.28 bits per heavy atom. The number of hydrogen-bond donors (Lipinski definition) is 2. The van der Waals surface area contributed by atoms with E-state index >= 15 is 0 Å². The lowest BCUT2D eigenvalue weighted by Crippen LogP contribution is -2.48. The van der Waals surface area contributed by atoms with Crippen LogP contribution in [0.1, 0.15) is 46.1 Å². The molecular weight excluding hydrogens is 483 g/mol. The van der Waals surface area contributed by atoms with Gasteiger partial charge in [0, 0.05) is 19.1 Å². The quantitative estimate of drug-likeness (QED) is 0.261. The smallest absolute Gasteiger partial charge is 0.409 e. The number of nitrogens with one attached hydrogen (secondary N) is 1. The zero-order chi connectivity index (χ0) is 20.6. The monoisotopic (exact) mass is 518 g/mol. The van der Waals surface area contributed by atoms with Crippen LogP contribution in [0.25, 0.3) is 0 Å². The predicted molar refractivity (Wildman–Crippen MR) is 127 cm³/mol. The van der Waals surface area contributed by atoms with E-state index < -0.39 is 0 Å². The van der Waals surface area contributed by atoms with E-state index in [0.717, 1.165) is 18.6 Å². The van der Waals surface area contributed by atoms with Crippen molar-refractivity contribution >= 4 is 36.0 Å². The Labute approximate surface area is 191 Å². The average Bonchev–Trinajstić information content (AvgIpc) is 2.65. The molecule has 1 aromatic rings. The van der Waals surface area contributed by atoms with Crippen molar-refractivity contribution in [1.29, 1.82) is 0 Å². The molecule has 1 amide bonds. The van der Waals surface area contributed by atoms with Gasteiger partial charge in [0.05, 0.1) is 13.2 Å². The predicted octanol–water partition coefficient (Wildman–Crippen LogP) is 3.51. The van der Waals surface area contributed by atoms with Gasteiger partial charge in [-0.1, -0.05) is 39.0 Å². The summed E-state index contributed by atoms with van der Waals surface area (Å²) in [5.41, 5.74) is 7.21. The molecule has 1 saturated heterocycles. The van der Waals surface area contributed by atoms with Gasteiger partial charge in [-0.15, -0.1) is 24.0 Å². The second-order valence-corrected chi connectivity index (χ2v) is 7.97. The van der Waals surface area contributed by atoms with Crippen molar-refractivity contribution < 1.29 is 14.3 Å². The number of aliphatic imine (C=N–C) groups is 1. The molecule has 0 radical (unpaired) electrons. The van der Waals surface area contributed by atoms with Crippen molar-refractivity contribution in [3.63, 3.8) is 0 Å². The molecule has 1 fully saturated rings. The third-order valence-corrected chi connectivity index (χ3v) is 4.70. The maximum atomic E-state index is 11.7. The van der Waals surface area contributed by atoms with E-state index in [1.165, 1.54) is 5.56 Å². The van der Waals surface area contributed by atoms with Gasteiger partial charge in [0.1, 0.15) is 12.4 Å². The number of hydrogen-bond acceptors (Lipinski definition) is 4. The van der Waals surface area contributed by atoms with Crippen LogP contribution < -0.4 is 15.8 Å². The van der Waals surface area contributed by atoms with E-state index in [9.17, 15) is 4.79 Å². The van der Waals surface area contributed by atoms with Crippen molar-refractivity contribution in [2.45, 2.75) is 52.0 Å². The van der Waals surface area contributed by atoms with Crippen molar-refractivity contribution in [2.24, 2.45) is 10.7 Å². The summed E-state index contributed by atoms with van der Waals surface area (Å²) in [5.74, 6) is 1.31. The number of carbonyl (C=O) groups is 1. The number of amides is 1. The minimum absolute atomic E-state index is 0. The summed E-state index contributed by atoms with van der Waals surface area (Å²) in [6.07, 6.45) is 1.41. The summed E-state index contributed by atoms with van der Waals surface area (Å²) in [6.45, 7) is 11.0. The Hall–Kier alpha value is -1.71. The number of para-hydroxylation sites is 1. The number of carbonyl (C=O) groups excluding carboxylic acids is 1. The molecule has 3 N–H and O–H groups in total. The third kappa shape index (κ3) is 8.28. The topological polar surface area (TPSA) is 89.2 Å². The van der Waals surface area contributed by atoms with E-state index in [1.807, 2.05) is 25.1 Å². The zero-order valence-corrected chi connectivity index (χ0v) is 20.3. The molecule has 0 atom stereocenters. The standard InChI is InChI=1S/C21H34N4O3.HI/c1-5-27-20(26)25-13-10-16(11-14-25)24-19(22)23-12-15-28-18-9-7-6-8-17(18)21(2,3)4;/h6-9,16H,5,10-15H2,1-4H3,(H3,22,23,24);1H. The first-order valence-corrected chi connectivity index (χ1v) is 10.0. The van der Waals surface area contributed by atoms with Gasteiger partial charge in [-0.3, -0.25) is 0 Å². The molecule has 2 rings (SSSR count). The molecule has 1 heterocycles. The van der Waals surface area contributed by atoms with Crippen molar-refractivity contribution in [3.05, 3.63) is 29.8 Å². The van der Waals surface area contributed by atoms with E-state index in [4.69, 9.17) is 15.2 Å². The second-order valence-electron chi connectivity index (χ2n) is 7.97. The van der Waals surface area contributed by atoms with Crippen LogP contribution in [0.2, 0.25) is 0 Å². The normalized spacial score (nSPS) is 15.4. The van der Waals surface area contributed by atoms with Gasteiger partial charge in [0.25, 0.3) is 0 Å². The van der Waals surface area contributed by atoms with Crippen LogP contribution in [0.15, 0.2) is 29.3 Å². The second kappa shape index (κ2) is 12.1. The highest BCUT2D eigenvalue weighted by molar-refractivity contribution is 14.0. The highest BCUT2D eigenvalue weighted by Crippen LogP contribution is 2.30. The van der Waals surface area contributed by atoms with Crippen LogP contribution in [-0.4, -0.2) is 55.8 Å². The number of rotatable bonds is 6. The molecule has 0 saturated carbocycles. The molecule has 1 aliphatic rings. The van der Waals surface area contributed by atoms with Gasteiger partial charge in [0.15, 0.2) is 5.96 Å². The van der Waals surface area contributed by atoms with Crippen LogP contribution in [-0.2, 0) is 10.2 Å². The molecule has 29 heavy (non-hydrogen) atoms. The van der Waals surface area contributed by atoms with Crippen molar-refractivity contribution in [1.82, 2.24) is 10.2 Å². The molecule has 0 unspecified atom stereocenters. The van der Waals surface area contributed by atoms with Crippen LogP contribution in [0.5, 0.6) is 5.75 Å². The van der Waals surface area contributed by atoms with Gasteiger partial charge >= 0.3 is 6.09 Å². The van der Waals surface area contributed by atoms with Crippen molar-refractivity contribution in [3.8, 4) is 5.75 Å². The summed E-state index contributed by atoms with van der Waals surface area (Å²) in [6, 6.07) is 8.31. The lowest BCUT2D eigenvalue weighted by molar-refractivity contribution is 0.0963. The molecule has 8 heteroatoms. The molecule has 0 bridgehead atoms. The Bertz CT molecular complexity index is 668. The summed E-state index contributed by atoms with van der Waals surface area (Å²) >= 11 is 0. The van der Waals surface area contributed by atoms with E-state index in [-0.39, 0.29) is 41.5 Å². The van der Waals surface area contributed by atoms with E-state index in [1.54, 1.807) is 4.90 Å². The zero-order valence-electron chi connectivity index (χ0n) is 17.9. The van der Waals surface area contributed by atoms with E-state index in [2.05, 4.69) is 37.1 Å². The van der Waals surface area contributed by atoms with Crippen LogP contribution in [0.4, 0.5) is 4.79 Å². The SMILES string of the molecule is CCOC(=O)N1CCC(NC(N)=NCCOc2ccccc2C(C)(C)C)CC1.I. The number of nitrogens with zero attached hydrogens (tertiary/aromatic N) is 2. The molecular formula is C21H35IN4O3. The Morgan fingerprint density at radius 2 is 1.93 bits per heavy atom. The van der Waals surface area contributed by atoms with Crippen molar-refractivity contribution in [2.75, 3.05) is 32.8 Å². The van der Waals surface area contributed by atoms with Gasteiger partial charge in [0.2, 0.25) is 0 Å². The maximum absolute atomic E-state index is 11.7. The highest BCUT2D eigenvalue weighted by atomic mass is 127. The van der Waals surface area contributed by atoms with Crippen LogP contribution >= 0.6 is 24.0 Å². The summed E-state index contributed by atoms with van der Waals surface area (Å²) in [5, 5.41) is 3.24. The Kier molecular flexibility index (Phi) is 10.6. The molecule has 0 spiro atoms. The molecule has 164 valence electrons. The van der Waals surface area contributed by atoms with Gasteiger partial charge in [-0.05, 0) is 36.8 Å². The number of piperidine rings is 1. The van der Waals surface area contributed by atoms with E-state index in [0.29, 0.717) is 38.8 Å². The summed E-state index contributed by atoms with van der Waals surface area (Å²) in [4.78, 5) is 17.8. The lowest BCUT2D eigenvalue weighted by Gasteiger charge is -2.31. The maximum Gasteiger partial charge on any atom is 0.409 e. The minimum Gasteiger partial charge on any atom is -0.491 e. The fraction of sp³-hybridized carbons (Fsp3) is 0.619. The fourth-order valence-corrected chi connectivity index (χ4v) is 3.21. The Morgan fingerprint density at radius 3 is 2.55 bits per heavy atom. The first-order valence-electron chi connectivity index (χ1n) is 10.0. The highest BCUT2D eigenvalue weighted by Gasteiger charge is 2.23. The number of nitrogens with two attached hydrogens (primary N) is 1. The fourth-order valence-electron chi connectivity index (χ4n) is 3.21. The summed E-state index contributed by atoms with van der Waals surface area (Å²) in [7, 11) is 0. The number of halogens is 1. The number of ether oxygens (including phenoxy) is 2. The number of benzene rings is 1. The molecule has 1 aliphatic heterocycles. The third-order valence-electron chi connectivity index (χ3n) is 4.70. The lowest BCUT2D eigenvalue weighted by atomic mass is 9.86. The number of likely N-dealkylation sites (tertiary alicyclic amines) is 1. The molecule has 1 aromatic carbocycles. The van der Waals surface area contributed by atoms with Crippen LogP contribution in [0, 0.1) is 0 Å². The molecule has 0 aromatic heterocycles. The molecule has 0 aliphatic carbocycles. The van der Waals surface area contributed by atoms with Gasteiger partial charge < -0.3 is 25.4 Å². The average molecular weight is 518 g/mol. The molecule has 7 nitrogen and oxygen atoms in total. The first kappa shape index (κ1) is 25.3. The first-order chi connectivity index (χ1) is 13.3. The van der Waals surface area contributed by atoms with Gasteiger partial charge in [-0.25, -0.2) is 9.79 Å². The minimum atomic E-state index is -0.240. The van der Waals surface area contributed by atoms with Gasteiger partial charge in [-0.2, -0.15) is 0 Å². The van der Waals surface area contributed by atoms with Crippen LogP contribution in [0.3, 0.4) is 0 Å². The Balaban J connectivity index is 0.00000420. The number of guanidine groups is 1.